The van der Waals surface area contributed by atoms with Crippen LogP contribution in [0.1, 0.15) is 32.4 Å². The van der Waals surface area contributed by atoms with Gasteiger partial charge in [-0.15, -0.1) is 11.3 Å². The zero-order chi connectivity index (χ0) is 23.5. The van der Waals surface area contributed by atoms with Gasteiger partial charge in [0.2, 0.25) is 5.91 Å². The van der Waals surface area contributed by atoms with Crippen LogP contribution in [0.4, 0.5) is 5.69 Å². The lowest BCUT2D eigenvalue weighted by atomic mass is 10.1. The molecule has 0 radical (unpaired) electrons. The van der Waals surface area contributed by atoms with Gasteiger partial charge < -0.3 is 14.8 Å². The first kappa shape index (κ1) is 22.4. The van der Waals surface area contributed by atoms with Gasteiger partial charge in [-0.05, 0) is 32.0 Å². The molecule has 170 valence electrons. The molecule has 0 atom stereocenters. The number of pyridine rings is 1. The first-order chi connectivity index (χ1) is 15.9. The Kier molecular flexibility index (Phi) is 6.36. The highest BCUT2D eigenvalue weighted by atomic mass is 32.1. The van der Waals surface area contributed by atoms with Crippen molar-refractivity contribution in [1.29, 1.82) is 0 Å². The number of carbonyl (C=O) groups is 2. The summed E-state index contributed by atoms with van der Waals surface area (Å²) in [5, 5.41) is 10.3. The number of rotatable bonds is 7. The van der Waals surface area contributed by atoms with Crippen molar-refractivity contribution in [3.05, 3.63) is 63.4 Å². The third-order valence-corrected chi connectivity index (χ3v) is 5.86. The highest BCUT2D eigenvalue weighted by molar-refractivity contribution is 7.09. The van der Waals surface area contributed by atoms with E-state index in [2.05, 4.69) is 20.4 Å². The molecule has 1 aromatic carbocycles. The molecular formula is C23H23N5O4S. The molecule has 0 fully saturated rings. The van der Waals surface area contributed by atoms with Crippen LogP contribution in [0, 0.1) is 13.8 Å². The molecule has 0 spiro atoms. The third kappa shape index (κ3) is 4.85. The van der Waals surface area contributed by atoms with Crippen molar-refractivity contribution < 1.29 is 19.1 Å². The second-order valence-electron chi connectivity index (χ2n) is 7.45. The van der Waals surface area contributed by atoms with E-state index in [1.54, 1.807) is 42.4 Å². The van der Waals surface area contributed by atoms with Crippen molar-refractivity contribution in [2.45, 2.75) is 26.9 Å². The van der Waals surface area contributed by atoms with Gasteiger partial charge in [-0.25, -0.2) is 14.8 Å². The molecular weight excluding hydrogens is 442 g/mol. The average molecular weight is 466 g/mol. The van der Waals surface area contributed by atoms with Crippen molar-refractivity contribution >= 4 is 39.9 Å². The quantitative estimate of drug-likeness (QED) is 0.416. The maximum atomic E-state index is 12.8. The number of aryl methyl sites for hydroxylation is 3. The number of carbonyl (C=O) groups excluding carboxylic acids is 2. The van der Waals surface area contributed by atoms with Gasteiger partial charge in [-0.1, -0.05) is 12.1 Å². The highest BCUT2D eigenvalue weighted by Crippen LogP contribution is 2.24. The highest BCUT2D eigenvalue weighted by Gasteiger charge is 2.19. The van der Waals surface area contributed by atoms with Crippen molar-refractivity contribution in [3.8, 4) is 5.75 Å². The van der Waals surface area contributed by atoms with E-state index in [9.17, 15) is 9.59 Å². The van der Waals surface area contributed by atoms with Crippen LogP contribution in [0.25, 0.3) is 11.0 Å². The minimum atomic E-state index is -0.468. The Morgan fingerprint density at radius 2 is 1.97 bits per heavy atom. The van der Waals surface area contributed by atoms with E-state index in [1.807, 2.05) is 26.0 Å². The lowest BCUT2D eigenvalue weighted by Gasteiger charge is -2.08. The molecule has 33 heavy (non-hydrogen) atoms. The van der Waals surface area contributed by atoms with Gasteiger partial charge in [0.05, 0.1) is 41.6 Å². The molecule has 0 unspecified atom stereocenters. The van der Waals surface area contributed by atoms with E-state index in [1.165, 1.54) is 11.3 Å². The minimum Gasteiger partial charge on any atom is -0.495 e. The molecule has 0 saturated heterocycles. The Morgan fingerprint density at radius 1 is 1.18 bits per heavy atom. The monoisotopic (exact) mass is 465 g/mol. The molecule has 3 aromatic heterocycles. The maximum Gasteiger partial charge on any atom is 0.339 e. The van der Waals surface area contributed by atoms with Crippen LogP contribution in [-0.2, 0) is 29.6 Å². The van der Waals surface area contributed by atoms with Crippen LogP contribution >= 0.6 is 11.3 Å². The summed E-state index contributed by atoms with van der Waals surface area (Å²) >= 11 is 1.34. The molecule has 0 aliphatic carbocycles. The number of aromatic nitrogens is 4. The average Bonchev–Trinajstić information content (AvgIpc) is 3.35. The van der Waals surface area contributed by atoms with E-state index in [4.69, 9.17) is 9.47 Å². The Balaban J connectivity index is 1.40. The Morgan fingerprint density at radius 3 is 2.76 bits per heavy atom. The summed E-state index contributed by atoms with van der Waals surface area (Å²) in [6.07, 6.45) is 0.107. The summed E-state index contributed by atoms with van der Waals surface area (Å²) in [6, 6.07) is 8.89. The van der Waals surface area contributed by atoms with E-state index < -0.39 is 5.97 Å². The van der Waals surface area contributed by atoms with Crippen molar-refractivity contribution in [2.24, 2.45) is 7.05 Å². The molecule has 1 amide bonds. The second kappa shape index (κ2) is 9.37. The number of amides is 1. The van der Waals surface area contributed by atoms with E-state index in [0.717, 1.165) is 0 Å². The van der Waals surface area contributed by atoms with Crippen LogP contribution in [0.3, 0.4) is 0 Å². The number of methoxy groups -OCH3 is 1. The predicted molar refractivity (Wildman–Crippen MR) is 125 cm³/mol. The van der Waals surface area contributed by atoms with Gasteiger partial charge in [0.1, 0.15) is 17.4 Å². The van der Waals surface area contributed by atoms with Crippen molar-refractivity contribution in [2.75, 3.05) is 12.4 Å². The second-order valence-corrected chi connectivity index (χ2v) is 8.40. The number of nitrogens with zero attached hydrogens (tertiary/aromatic N) is 4. The van der Waals surface area contributed by atoms with E-state index in [-0.39, 0.29) is 18.9 Å². The van der Waals surface area contributed by atoms with Crippen LogP contribution < -0.4 is 10.1 Å². The Labute approximate surface area is 194 Å². The van der Waals surface area contributed by atoms with Crippen LogP contribution in [0.15, 0.2) is 35.7 Å². The number of benzene rings is 1. The number of hydrogen-bond donors (Lipinski definition) is 1. The number of ether oxygens (including phenoxy) is 2. The molecule has 1 N–H and O–H groups in total. The molecule has 9 nitrogen and oxygen atoms in total. The fourth-order valence-electron chi connectivity index (χ4n) is 3.52. The summed E-state index contributed by atoms with van der Waals surface area (Å²) < 4.78 is 12.4. The van der Waals surface area contributed by atoms with Gasteiger partial charge >= 0.3 is 5.97 Å². The molecule has 3 heterocycles. The lowest BCUT2D eigenvalue weighted by molar-refractivity contribution is -0.115. The molecule has 0 bridgehead atoms. The van der Waals surface area contributed by atoms with E-state index in [0.29, 0.717) is 50.1 Å². The normalized spacial score (nSPS) is 10.9. The van der Waals surface area contributed by atoms with Crippen LogP contribution in [0.2, 0.25) is 0 Å². The van der Waals surface area contributed by atoms with Gasteiger partial charge in [-0.3, -0.25) is 9.48 Å². The number of esters is 1. The predicted octanol–water partition coefficient (Wildman–Crippen LogP) is 3.59. The molecule has 0 aliphatic heterocycles. The number of para-hydroxylation sites is 2. The molecule has 0 saturated carbocycles. The molecule has 4 aromatic rings. The lowest BCUT2D eigenvalue weighted by Crippen LogP contribution is -2.15. The summed E-state index contributed by atoms with van der Waals surface area (Å²) in [4.78, 5) is 34.1. The summed E-state index contributed by atoms with van der Waals surface area (Å²) in [5.41, 5.74) is 3.66. The van der Waals surface area contributed by atoms with Gasteiger partial charge in [0, 0.05) is 18.1 Å². The zero-order valence-electron chi connectivity index (χ0n) is 18.7. The first-order valence-electron chi connectivity index (χ1n) is 10.2. The van der Waals surface area contributed by atoms with Crippen molar-refractivity contribution in [3.63, 3.8) is 0 Å². The first-order valence-corrected chi connectivity index (χ1v) is 11.1. The maximum absolute atomic E-state index is 12.8. The SMILES string of the molecule is COc1ccccc1NC(=O)Cc1nc(COC(=O)c2cc(C)nc3c2c(C)nn3C)cs1. The van der Waals surface area contributed by atoms with Crippen molar-refractivity contribution in [1.82, 2.24) is 19.7 Å². The number of hydrogen-bond acceptors (Lipinski definition) is 8. The number of anilines is 1. The van der Waals surface area contributed by atoms with Crippen LogP contribution in [-0.4, -0.2) is 38.7 Å². The minimum absolute atomic E-state index is 0.00559. The Bertz CT molecular complexity index is 1340. The summed E-state index contributed by atoms with van der Waals surface area (Å²) in [6.45, 7) is 3.66. The zero-order valence-corrected chi connectivity index (χ0v) is 19.5. The van der Waals surface area contributed by atoms with E-state index >= 15 is 0 Å². The number of nitrogens with one attached hydrogen (secondary N) is 1. The smallest absolute Gasteiger partial charge is 0.339 e. The standard InChI is InChI=1S/C23H23N5O4S/c1-13-9-16(21-14(2)27-28(3)22(21)24-13)23(30)32-11-15-12-33-20(25-15)10-19(29)26-17-7-5-6-8-18(17)31-4/h5-9,12H,10-11H2,1-4H3,(H,26,29). The van der Waals surface area contributed by atoms with Gasteiger partial charge in [-0.2, -0.15) is 5.10 Å². The number of thiazole rings is 1. The topological polar surface area (TPSA) is 108 Å². The largest absolute Gasteiger partial charge is 0.495 e. The summed E-state index contributed by atoms with van der Waals surface area (Å²) in [5.74, 6) is -0.0916. The molecule has 10 heteroatoms. The molecule has 4 rings (SSSR count). The fourth-order valence-corrected chi connectivity index (χ4v) is 4.30. The fraction of sp³-hybridized carbons (Fsp3) is 0.261. The van der Waals surface area contributed by atoms with Crippen LogP contribution in [0.5, 0.6) is 5.75 Å². The summed E-state index contributed by atoms with van der Waals surface area (Å²) in [7, 11) is 3.34. The Hall–Kier alpha value is -3.79. The molecule has 0 aliphatic rings. The number of fused-ring (bicyclic) bond motifs is 1. The van der Waals surface area contributed by atoms with Gasteiger partial charge in [0.15, 0.2) is 5.65 Å². The third-order valence-electron chi connectivity index (χ3n) is 4.96. The van der Waals surface area contributed by atoms with Gasteiger partial charge in [0.25, 0.3) is 0 Å².